The number of aliphatic hydroxyl groups is 1. The standard InChI is InChI=1S/C25H25ClN4O4/c1-15-27-12-21(26)24(28-15)18-7-6-16-8-9-30(25(33)20(16)11-18)13-23(32)29-22(14-31)17-4-3-5-19(10-17)34-2/h3-7,10-12,22,31H,8-9,13-14H2,1-2H3,(H,29,32)/t22-/m1/s1. The molecule has 2 N–H and O–H groups in total. The molecule has 0 aliphatic carbocycles. The van der Waals surface area contributed by atoms with Gasteiger partial charge in [0.25, 0.3) is 5.91 Å². The van der Waals surface area contributed by atoms with Crippen LogP contribution in [0.2, 0.25) is 5.02 Å². The summed E-state index contributed by atoms with van der Waals surface area (Å²) in [7, 11) is 1.55. The van der Waals surface area contributed by atoms with Gasteiger partial charge in [-0.15, -0.1) is 0 Å². The molecule has 0 bridgehead atoms. The Morgan fingerprint density at radius 1 is 1.29 bits per heavy atom. The van der Waals surface area contributed by atoms with E-state index in [1.54, 1.807) is 44.4 Å². The van der Waals surface area contributed by atoms with Crippen LogP contribution in [-0.4, -0.2) is 58.6 Å². The van der Waals surface area contributed by atoms with Gasteiger partial charge in [0, 0.05) is 23.9 Å². The zero-order valence-corrected chi connectivity index (χ0v) is 19.7. The third kappa shape index (κ3) is 5.03. The number of nitrogens with zero attached hydrogens (tertiary/aromatic N) is 3. The average Bonchev–Trinajstić information content (AvgIpc) is 2.85. The topological polar surface area (TPSA) is 105 Å². The molecule has 2 aromatic carbocycles. The monoisotopic (exact) mass is 480 g/mol. The van der Waals surface area contributed by atoms with Gasteiger partial charge in [-0.3, -0.25) is 9.59 Å². The van der Waals surface area contributed by atoms with Crippen molar-refractivity contribution in [2.24, 2.45) is 0 Å². The summed E-state index contributed by atoms with van der Waals surface area (Å²) in [6, 6.07) is 12.1. The molecule has 0 radical (unpaired) electrons. The van der Waals surface area contributed by atoms with Crippen molar-refractivity contribution in [1.82, 2.24) is 20.2 Å². The highest BCUT2D eigenvalue weighted by Gasteiger charge is 2.27. The van der Waals surface area contributed by atoms with E-state index in [1.807, 2.05) is 12.1 Å². The lowest BCUT2D eigenvalue weighted by molar-refractivity contribution is -0.122. The molecule has 2 amide bonds. The van der Waals surface area contributed by atoms with Crippen molar-refractivity contribution in [3.63, 3.8) is 0 Å². The number of aromatic nitrogens is 2. The Balaban J connectivity index is 1.49. The van der Waals surface area contributed by atoms with Gasteiger partial charge in [0.1, 0.15) is 11.6 Å². The van der Waals surface area contributed by atoms with Crippen molar-refractivity contribution in [3.8, 4) is 17.0 Å². The van der Waals surface area contributed by atoms with Crippen LogP contribution in [0.5, 0.6) is 5.75 Å². The molecule has 0 saturated carbocycles. The Morgan fingerprint density at radius 3 is 2.88 bits per heavy atom. The first-order valence-corrected chi connectivity index (χ1v) is 11.2. The van der Waals surface area contributed by atoms with Crippen LogP contribution in [0.3, 0.4) is 0 Å². The summed E-state index contributed by atoms with van der Waals surface area (Å²) in [4.78, 5) is 36.0. The molecular formula is C25H25ClN4O4. The second-order valence-electron chi connectivity index (χ2n) is 8.04. The van der Waals surface area contributed by atoms with Crippen molar-refractivity contribution in [3.05, 3.63) is 76.2 Å². The minimum atomic E-state index is -0.607. The molecule has 8 nitrogen and oxygen atoms in total. The molecule has 3 aromatic rings. The number of carbonyl (C=O) groups is 2. The van der Waals surface area contributed by atoms with Crippen LogP contribution >= 0.6 is 11.6 Å². The number of fused-ring (bicyclic) bond motifs is 1. The third-order valence-corrected chi connectivity index (χ3v) is 6.04. The first-order chi connectivity index (χ1) is 16.4. The van der Waals surface area contributed by atoms with E-state index >= 15 is 0 Å². The first-order valence-electron chi connectivity index (χ1n) is 10.9. The van der Waals surface area contributed by atoms with Crippen LogP contribution in [0.4, 0.5) is 0 Å². The maximum absolute atomic E-state index is 13.2. The van der Waals surface area contributed by atoms with Crippen molar-refractivity contribution in [2.45, 2.75) is 19.4 Å². The number of aliphatic hydroxyl groups excluding tert-OH is 1. The Hall–Kier alpha value is -3.49. The highest BCUT2D eigenvalue weighted by atomic mass is 35.5. The van der Waals surface area contributed by atoms with E-state index in [1.165, 1.54) is 11.1 Å². The number of carbonyl (C=O) groups excluding carboxylic acids is 2. The fraction of sp³-hybridized carbons (Fsp3) is 0.280. The average molecular weight is 481 g/mol. The summed E-state index contributed by atoms with van der Waals surface area (Å²) in [5, 5.41) is 13.0. The number of rotatable bonds is 7. The number of amides is 2. The second kappa shape index (κ2) is 10.2. The zero-order chi connectivity index (χ0) is 24.2. The number of benzene rings is 2. The number of ether oxygens (including phenoxy) is 1. The number of halogens is 1. The van der Waals surface area contributed by atoms with Gasteiger partial charge in [-0.1, -0.05) is 35.9 Å². The molecule has 176 valence electrons. The van der Waals surface area contributed by atoms with E-state index in [-0.39, 0.29) is 25.0 Å². The largest absolute Gasteiger partial charge is 0.497 e. The summed E-state index contributed by atoms with van der Waals surface area (Å²) in [6.45, 7) is 1.80. The summed E-state index contributed by atoms with van der Waals surface area (Å²) >= 11 is 6.28. The maximum Gasteiger partial charge on any atom is 0.254 e. The highest BCUT2D eigenvalue weighted by Crippen LogP contribution is 2.29. The predicted octanol–water partition coefficient (Wildman–Crippen LogP) is 2.96. The van der Waals surface area contributed by atoms with Crippen molar-refractivity contribution >= 4 is 23.4 Å². The molecule has 4 rings (SSSR count). The molecule has 9 heteroatoms. The molecule has 0 fully saturated rings. The van der Waals surface area contributed by atoms with Gasteiger partial charge >= 0.3 is 0 Å². The minimum absolute atomic E-state index is 0.115. The molecule has 1 aliphatic heterocycles. The summed E-state index contributed by atoms with van der Waals surface area (Å²) in [5.74, 6) is 0.616. The van der Waals surface area contributed by atoms with E-state index in [9.17, 15) is 14.7 Å². The van der Waals surface area contributed by atoms with E-state index in [4.69, 9.17) is 16.3 Å². The van der Waals surface area contributed by atoms with Crippen LogP contribution in [0, 0.1) is 6.92 Å². The number of nitrogens with one attached hydrogen (secondary N) is 1. The van der Waals surface area contributed by atoms with Crippen LogP contribution in [0.1, 0.15) is 33.4 Å². The van der Waals surface area contributed by atoms with Gasteiger partial charge in [0.15, 0.2) is 0 Å². The van der Waals surface area contributed by atoms with Crippen LogP contribution < -0.4 is 10.1 Å². The number of aryl methyl sites for hydroxylation is 1. The lowest BCUT2D eigenvalue weighted by Gasteiger charge is -2.29. The molecule has 0 spiro atoms. The summed E-state index contributed by atoms with van der Waals surface area (Å²) < 4.78 is 5.22. The predicted molar refractivity (Wildman–Crippen MR) is 128 cm³/mol. The Kier molecular flexibility index (Phi) is 7.09. The fourth-order valence-electron chi connectivity index (χ4n) is 3.98. The molecule has 0 saturated heterocycles. The molecule has 0 unspecified atom stereocenters. The smallest absolute Gasteiger partial charge is 0.254 e. The van der Waals surface area contributed by atoms with Crippen molar-refractivity contribution in [2.75, 3.05) is 26.8 Å². The van der Waals surface area contributed by atoms with Crippen LogP contribution in [-0.2, 0) is 11.2 Å². The normalized spacial score (nSPS) is 13.9. The molecule has 1 aliphatic rings. The molecular weight excluding hydrogens is 456 g/mol. The minimum Gasteiger partial charge on any atom is -0.497 e. The van der Waals surface area contributed by atoms with Gasteiger partial charge in [0.05, 0.1) is 37.0 Å². The van der Waals surface area contributed by atoms with Crippen molar-refractivity contribution in [1.29, 1.82) is 0 Å². The summed E-state index contributed by atoms with van der Waals surface area (Å²) in [6.07, 6.45) is 2.17. The number of methoxy groups -OCH3 is 1. The highest BCUT2D eigenvalue weighted by molar-refractivity contribution is 6.32. The van der Waals surface area contributed by atoms with E-state index < -0.39 is 6.04 Å². The quantitative estimate of drug-likeness (QED) is 0.538. The lowest BCUT2D eigenvalue weighted by atomic mass is 9.95. The van der Waals surface area contributed by atoms with Gasteiger partial charge in [-0.2, -0.15) is 0 Å². The SMILES string of the molecule is COc1cccc([C@@H](CO)NC(=O)CN2CCc3ccc(-c4nc(C)ncc4Cl)cc3C2=O)c1. The fourth-order valence-corrected chi connectivity index (χ4v) is 4.18. The lowest BCUT2D eigenvalue weighted by Crippen LogP contribution is -2.45. The third-order valence-electron chi connectivity index (χ3n) is 5.76. The molecule has 34 heavy (non-hydrogen) atoms. The number of hydrogen-bond acceptors (Lipinski definition) is 6. The second-order valence-corrected chi connectivity index (χ2v) is 8.45. The Labute approximate surface area is 202 Å². The Bertz CT molecular complexity index is 1230. The maximum atomic E-state index is 13.2. The van der Waals surface area contributed by atoms with E-state index in [0.29, 0.717) is 51.9 Å². The Morgan fingerprint density at radius 2 is 2.12 bits per heavy atom. The molecule has 1 aromatic heterocycles. The van der Waals surface area contributed by atoms with Crippen LogP contribution in [0.15, 0.2) is 48.7 Å². The number of hydrogen-bond donors (Lipinski definition) is 2. The van der Waals surface area contributed by atoms with Crippen LogP contribution in [0.25, 0.3) is 11.3 Å². The molecule has 1 atom stereocenters. The zero-order valence-electron chi connectivity index (χ0n) is 18.9. The van der Waals surface area contributed by atoms with Gasteiger partial charge in [-0.25, -0.2) is 9.97 Å². The summed E-state index contributed by atoms with van der Waals surface area (Å²) in [5.41, 5.74) is 3.43. The van der Waals surface area contributed by atoms with Gasteiger partial charge in [-0.05, 0) is 42.7 Å². The first kappa shape index (κ1) is 23.7. The molecule has 2 heterocycles. The van der Waals surface area contributed by atoms with E-state index in [2.05, 4.69) is 15.3 Å². The van der Waals surface area contributed by atoms with E-state index in [0.717, 1.165) is 5.56 Å². The van der Waals surface area contributed by atoms with Crippen molar-refractivity contribution < 1.29 is 19.4 Å². The van der Waals surface area contributed by atoms with Gasteiger partial charge in [0.2, 0.25) is 5.91 Å². The van der Waals surface area contributed by atoms with Gasteiger partial charge < -0.3 is 20.1 Å².